The SMILES string of the molecule is COCCN1CCC2(CC1)CN(C(=O)c1cccs1)CCO2.O=C(O)C(F)(F)F. The van der Waals surface area contributed by atoms with Gasteiger partial charge >= 0.3 is 12.1 Å². The lowest BCUT2D eigenvalue weighted by Gasteiger charge is -2.47. The fourth-order valence-electron chi connectivity index (χ4n) is 3.28. The van der Waals surface area contributed by atoms with E-state index in [0.29, 0.717) is 13.2 Å². The van der Waals surface area contributed by atoms with Gasteiger partial charge in [0.2, 0.25) is 0 Å². The van der Waals surface area contributed by atoms with Crippen molar-refractivity contribution in [2.75, 3.05) is 53.0 Å². The van der Waals surface area contributed by atoms with E-state index in [1.165, 1.54) is 11.3 Å². The molecule has 164 valence electrons. The highest BCUT2D eigenvalue weighted by Crippen LogP contribution is 2.31. The summed E-state index contributed by atoms with van der Waals surface area (Å²) >= 11 is 1.52. The number of ether oxygens (including phenoxy) is 2. The van der Waals surface area contributed by atoms with E-state index in [2.05, 4.69) is 4.90 Å². The molecule has 1 N–H and O–H groups in total. The van der Waals surface area contributed by atoms with Crippen LogP contribution in [0.25, 0.3) is 0 Å². The number of hydrogen-bond donors (Lipinski definition) is 1. The van der Waals surface area contributed by atoms with Gasteiger partial charge in [-0.3, -0.25) is 4.79 Å². The maximum absolute atomic E-state index is 12.5. The number of halogens is 3. The molecule has 1 spiro atoms. The van der Waals surface area contributed by atoms with Crippen LogP contribution in [-0.4, -0.2) is 91.6 Å². The van der Waals surface area contributed by atoms with Crippen LogP contribution in [0, 0.1) is 0 Å². The Bertz CT molecular complexity index is 661. The fourth-order valence-corrected chi connectivity index (χ4v) is 3.97. The molecular formula is C18H25F3N2O5S. The number of carboxylic acid groups (broad SMARTS) is 1. The minimum Gasteiger partial charge on any atom is -0.475 e. The second-order valence-electron chi connectivity index (χ2n) is 6.87. The molecule has 2 saturated heterocycles. The first-order chi connectivity index (χ1) is 13.7. The van der Waals surface area contributed by atoms with Crippen LogP contribution in [0.1, 0.15) is 22.5 Å². The first kappa shape index (κ1) is 23.6. The Morgan fingerprint density at radius 1 is 1.31 bits per heavy atom. The molecule has 1 aromatic rings. The van der Waals surface area contributed by atoms with E-state index in [-0.39, 0.29) is 11.5 Å². The molecule has 0 aromatic carbocycles. The fraction of sp³-hybridized carbons (Fsp3) is 0.667. The molecular weight excluding hydrogens is 413 g/mol. The Morgan fingerprint density at radius 2 is 1.97 bits per heavy atom. The number of carbonyl (C=O) groups excluding carboxylic acids is 1. The van der Waals surface area contributed by atoms with Crippen molar-refractivity contribution in [3.05, 3.63) is 22.4 Å². The van der Waals surface area contributed by atoms with Crippen LogP contribution in [-0.2, 0) is 14.3 Å². The zero-order valence-corrected chi connectivity index (χ0v) is 16.9. The zero-order chi connectivity index (χ0) is 21.5. The number of piperidine rings is 1. The van der Waals surface area contributed by atoms with E-state index in [0.717, 1.165) is 50.5 Å². The maximum Gasteiger partial charge on any atom is 0.490 e. The molecule has 0 bridgehead atoms. The lowest BCUT2D eigenvalue weighted by molar-refractivity contribution is -0.192. The molecule has 0 atom stereocenters. The number of amides is 1. The van der Waals surface area contributed by atoms with Crippen molar-refractivity contribution in [2.45, 2.75) is 24.6 Å². The average Bonchev–Trinajstić information content (AvgIpc) is 3.22. The predicted octanol–water partition coefficient (Wildman–Crippen LogP) is 2.33. The average molecular weight is 438 g/mol. The van der Waals surface area contributed by atoms with Gasteiger partial charge in [-0.05, 0) is 24.3 Å². The summed E-state index contributed by atoms with van der Waals surface area (Å²) in [6.07, 6.45) is -3.10. The summed E-state index contributed by atoms with van der Waals surface area (Å²) < 4.78 is 43.0. The maximum atomic E-state index is 12.5. The van der Waals surface area contributed by atoms with Crippen LogP contribution < -0.4 is 0 Å². The second-order valence-corrected chi connectivity index (χ2v) is 7.82. The molecule has 0 radical (unpaired) electrons. The summed E-state index contributed by atoms with van der Waals surface area (Å²) in [5.74, 6) is -2.60. The van der Waals surface area contributed by atoms with Gasteiger partial charge in [0.25, 0.3) is 5.91 Å². The lowest BCUT2D eigenvalue weighted by Crippen LogP contribution is -2.58. The van der Waals surface area contributed by atoms with Crippen molar-refractivity contribution in [2.24, 2.45) is 0 Å². The lowest BCUT2D eigenvalue weighted by atomic mass is 9.89. The number of morpholine rings is 1. The Balaban J connectivity index is 0.000000370. The second kappa shape index (κ2) is 10.4. The highest BCUT2D eigenvalue weighted by atomic mass is 32.1. The summed E-state index contributed by atoms with van der Waals surface area (Å²) in [5.41, 5.74) is -0.144. The zero-order valence-electron chi connectivity index (χ0n) is 16.1. The van der Waals surface area contributed by atoms with Crippen LogP contribution in [0.5, 0.6) is 0 Å². The summed E-state index contributed by atoms with van der Waals surface area (Å²) in [6, 6.07) is 3.84. The Morgan fingerprint density at radius 3 is 2.48 bits per heavy atom. The van der Waals surface area contributed by atoms with Gasteiger partial charge in [0.05, 0.1) is 30.2 Å². The molecule has 0 saturated carbocycles. The van der Waals surface area contributed by atoms with Crippen molar-refractivity contribution in [1.29, 1.82) is 0 Å². The molecule has 7 nitrogen and oxygen atoms in total. The monoisotopic (exact) mass is 438 g/mol. The van der Waals surface area contributed by atoms with Gasteiger partial charge in [-0.1, -0.05) is 6.07 Å². The number of likely N-dealkylation sites (tertiary alicyclic amines) is 1. The van der Waals surface area contributed by atoms with Crippen molar-refractivity contribution in [1.82, 2.24) is 9.80 Å². The summed E-state index contributed by atoms with van der Waals surface area (Å²) in [7, 11) is 1.74. The highest BCUT2D eigenvalue weighted by Gasteiger charge is 2.41. The minimum atomic E-state index is -5.08. The Labute approximate surface area is 171 Å². The predicted molar refractivity (Wildman–Crippen MR) is 100 cm³/mol. The van der Waals surface area contributed by atoms with Gasteiger partial charge < -0.3 is 24.4 Å². The molecule has 2 fully saturated rings. The van der Waals surface area contributed by atoms with Crippen LogP contribution in [0.15, 0.2) is 17.5 Å². The van der Waals surface area contributed by atoms with Crippen molar-refractivity contribution >= 4 is 23.2 Å². The number of nitrogens with zero attached hydrogens (tertiary/aromatic N) is 2. The van der Waals surface area contributed by atoms with E-state index < -0.39 is 12.1 Å². The molecule has 1 amide bonds. The van der Waals surface area contributed by atoms with Gasteiger partial charge in [0.1, 0.15) is 0 Å². The third kappa shape index (κ3) is 6.95. The van der Waals surface area contributed by atoms with Crippen LogP contribution in [0.4, 0.5) is 13.2 Å². The third-order valence-corrected chi connectivity index (χ3v) is 5.75. The van der Waals surface area contributed by atoms with Gasteiger partial charge in [-0.25, -0.2) is 4.79 Å². The number of thiophene rings is 1. The van der Waals surface area contributed by atoms with E-state index in [4.69, 9.17) is 19.4 Å². The van der Waals surface area contributed by atoms with Gasteiger partial charge in [-0.15, -0.1) is 11.3 Å². The van der Waals surface area contributed by atoms with Gasteiger partial charge in [0, 0.05) is 33.3 Å². The summed E-state index contributed by atoms with van der Waals surface area (Å²) in [5, 5.41) is 9.08. The molecule has 0 unspecified atom stereocenters. The van der Waals surface area contributed by atoms with Crippen molar-refractivity contribution in [3.63, 3.8) is 0 Å². The summed E-state index contributed by atoms with van der Waals surface area (Å²) in [6.45, 7) is 5.86. The van der Waals surface area contributed by atoms with Crippen LogP contribution in [0.2, 0.25) is 0 Å². The standard InChI is InChI=1S/C16H24N2O3S.C2HF3O2/c1-20-10-8-17-6-4-16(5-7-17)13-18(9-11-21-16)15(19)14-3-2-12-22-14;3-2(4,5)1(6)7/h2-3,12H,4-11,13H2,1H3;(H,6,7). The van der Waals surface area contributed by atoms with Gasteiger partial charge in [-0.2, -0.15) is 13.2 Å². The number of carboxylic acids is 1. The van der Waals surface area contributed by atoms with Crippen molar-refractivity contribution < 1.29 is 37.3 Å². The topological polar surface area (TPSA) is 79.3 Å². The van der Waals surface area contributed by atoms with E-state index >= 15 is 0 Å². The Kier molecular flexibility index (Phi) is 8.44. The molecule has 29 heavy (non-hydrogen) atoms. The van der Waals surface area contributed by atoms with Crippen LogP contribution >= 0.6 is 11.3 Å². The first-order valence-corrected chi connectivity index (χ1v) is 10.0. The third-order valence-electron chi connectivity index (χ3n) is 4.89. The molecule has 2 aliphatic heterocycles. The number of methoxy groups -OCH3 is 1. The number of carbonyl (C=O) groups is 2. The van der Waals surface area contributed by atoms with Crippen LogP contribution in [0.3, 0.4) is 0 Å². The minimum absolute atomic E-state index is 0.144. The summed E-state index contributed by atoms with van der Waals surface area (Å²) in [4.78, 5) is 26.7. The molecule has 11 heteroatoms. The number of aliphatic carboxylic acids is 1. The number of hydrogen-bond acceptors (Lipinski definition) is 6. The molecule has 3 heterocycles. The molecule has 3 rings (SSSR count). The quantitative estimate of drug-likeness (QED) is 0.778. The number of alkyl halides is 3. The van der Waals surface area contributed by atoms with Gasteiger partial charge in [0.15, 0.2) is 0 Å². The smallest absolute Gasteiger partial charge is 0.475 e. The first-order valence-electron chi connectivity index (χ1n) is 9.15. The number of rotatable bonds is 4. The van der Waals surface area contributed by atoms with E-state index in [9.17, 15) is 18.0 Å². The largest absolute Gasteiger partial charge is 0.490 e. The molecule has 2 aliphatic rings. The van der Waals surface area contributed by atoms with E-state index in [1.807, 2.05) is 22.4 Å². The van der Waals surface area contributed by atoms with E-state index in [1.54, 1.807) is 7.11 Å². The van der Waals surface area contributed by atoms with Crippen molar-refractivity contribution in [3.8, 4) is 0 Å². The normalized spacial score (nSPS) is 19.5. The molecule has 1 aromatic heterocycles. The Hall–Kier alpha value is -1.69. The highest BCUT2D eigenvalue weighted by molar-refractivity contribution is 7.12. The molecule has 0 aliphatic carbocycles.